The van der Waals surface area contributed by atoms with E-state index in [4.69, 9.17) is 9.51 Å². The summed E-state index contributed by atoms with van der Waals surface area (Å²) >= 11 is 1.49. The third-order valence-corrected chi connectivity index (χ3v) is 5.41. The Labute approximate surface area is 156 Å². The van der Waals surface area contributed by atoms with E-state index in [0.717, 1.165) is 29.1 Å². The van der Waals surface area contributed by atoms with Gasteiger partial charge in [0, 0.05) is 12.1 Å². The summed E-state index contributed by atoms with van der Waals surface area (Å²) in [6.07, 6.45) is 5.02. The molecular weight excluding hydrogens is 344 g/mol. The lowest BCUT2D eigenvalue weighted by Gasteiger charge is -2.16. The summed E-state index contributed by atoms with van der Waals surface area (Å²) in [7, 11) is 0. The van der Waals surface area contributed by atoms with E-state index < -0.39 is 0 Å². The standard InChI is InChI=1S/C20H18N4OS/c21-12-16-11-15-8-4-5-9-17(15)22-20(16)26-13-19-23-18(24-25-19)10-14-6-2-1-3-7-14/h1-3,6-7,11H,4-5,8-10,13H2. The number of nitrogens with zero attached hydrogens (tertiary/aromatic N) is 4. The van der Waals surface area contributed by atoms with Crippen LogP contribution in [0.4, 0.5) is 0 Å². The van der Waals surface area contributed by atoms with Gasteiger partial charge in [-0.3, -0.25) is 0 Å². The average molecular weight is 362 g/mol. The van der Waals surface area contributed by atoms with Crippen LogP contribution in [0.25, 0.3) is 0 Å². The third kappa shape index (κ3) is 3.78. The highest BCUT2D eigenvalue weighted by atomic mass is 32.2. The van der Waals surface area contributed by atoms with Gasteiger partial charge in [0.2, 0.25) is 5.89 Å². The second-order valence-corrected chi connectivity index (χ2v) is 7.29. The zero-order valence-electron chi connectivity index (χ0n) is 14.3. The fourth-order valence-electron chi connectivity index (χ4n) is 3.13. The molecule has 0 atom stereocenters. The van der Waals surface area contributed by atoms with Crippen LogP contribution in [0, 0.1) is 11.3 Å². The Balaban J connectivity index is 1.45. The minimum Gasteiger partial charge on any atom is -0.338 e. The summed E-state index contributed by atoms with van der Waals surface area (Å²) in [6, 6.07) is 14.3. The number of aromatic nitrogens is 3. The molecule has 3 aromatic rings. The van der Waals surface area contributed by atoms with Crippen molar-refractivity contribution in [1.82, 2.24) is 15.1 Å². The normalized spacial score (nSPS) is 13.2. The zero-order chi connectivity index (χ0) is 17.8. The highest BCUT2D eigenvalue weighted by Crippen LogP contribution is 2.29. The van der Waals surface area contributed by atoms with Crippen molar-refractivity contribution in [3.63, 3.8) is 0 Å². The van der Waals surface area contributed by atoms with E-state index >= 15 is 0 Å². The van der Waals surface area contributed by atoms with Crippen molar-refractivity contribution in [2.24, 2.45) is 0 Å². The first-order chi connectivity index (χ1) is 12.8. The molecule has 0 fully saturated rings. The van der Waals surface area contributed by atoms with Crippen LogP contribution in [0.1, 0.15) is 46.9 Å². The van der Waals surface area contributed by atoms with Gasteiger partial charge >= 0.3 is 0 Å². The lowest BCUT2D eigenvalue weighted by Crippen LogP contribution is -2.07. The Morgan fingerprint density at radius 3 is 2.81 bits per heavy atom. The summed E-state index contributed by atoms with van der Waals surface area (Å²) in [4.78, 5) is 9.18. The average Bonchev–Trinajstić information content (AvgIpc) is 3.13. The molecule has 0 amide bonds. The Kier molecular flexibility index (Phi) is 4.98. The summed E-state index contributed by atoms with van der Waals surface area (Å²) in [5.74, 6) is 1.75. The fourth-order valence-corrected chi connectivity index (χ4v) is 3.95. The molecule has 1 aliphatic carbocycles. The van der Waals surface area contributed by atoms with Crippen molar-refractivity contribution in [3.05, 3.63) is 70.5 Å². The predicted octanol–water partition coefficient (Wildman–Crippen LogP) is 4.10. The molecule has 6 heteroatoms. The molecule has 130 valence electrons. The predicted molar refractivity (Wildman–Crippen MR) is 98.7 cm³/mol. The molecule has 1 aromatic carbocycles. The minimum absolute atomic E-state index is 0.516. The van der Waals surface area contributed by atoms with Gasteiger partial charge in [-0.1, -0.05) is 47.3 Å². The van der Waals surface area contributed by atoms with Crippen LogP contribution in [0.2, 0.25) is 0 Å². The Bertz CT molecular complexity index is 946. The van der Waals surface area contributed by atoms with Gasteiger partial charge in [0.25, 0.3) is 0 Å². The molecule has 0 saturated carbocycles. The lowest BCUT2D eigenvalue weighted by molar-refractivity contribution is 0.386. The van der Waals surface area contributed by atoms with E-state index in [1.807, 2.05) is 36.4 Å². The third-order valence-electron chi connectivity index (χ3n) is 4.43. The highest BCUT2D eigenvalue weighted by Gasteiger charge is 2.16. The van der Waals surface area contributed by atoms with E-state index in [0.29, 0.717) is 29.5 Å². The van der Waals surface area contributed by atoms with Gasteiger partial charge in [-0.05, 0) is 42.9 Å². The molecular formula is C20H18N4OS. The summed E-state index contributed by atoms with van der Waals surface area (Å²) in [6.45, 7) is 0. The molecule has 0 spiro atoms. The van der Waals surface area contributed by atoms with Gasteiger partial charge < -0.3 is 4.52 Å². The maximum Gasteiger partial charge on any atom is 0.237 e. The van der Waals surface area contributed by atoms with E-state index in [9.17, 15) is 5.26 Å². The van der Waals surface area contributed by atoms with E-state index in [2.05, 4.69) is 16.2 Å². The number of pyridine rings is 1. The SMILES string of the molecule is N#Cc1cc2c(nc1SCc1nc(Cc3ccccc3)no1)CCCC2. The van der Waals surface area contributed by atoms with Crippen molar-refractivity contribution in [2.75, 3.05) is 0 Å². The quantitative estimate of drug-likeness (QED) is 0.636. The largest absolute Gasteiger partial charge is 0.338 e. The van der Waals surface area contributed by atoms with Crippen molar-refractivity contribution < 1.29 is 4.52 Å². The fraction of sp³-hybridized carbons (Fsp3) is 0.300. The van der Waals surface area contributed by atoms with Crippen molar-refractivity contribution in [1.29, 1.82) is 5.26 Å². The first-order valence-electron chi connectivity index (χ1n) is 8.73. The van der Waals surface area contributed by atoms with Crippen LogP contribution >= 0.6 is 11.8 Å². The maximum atomic E-state index is 9.43. The zero-order valence-corrected chi connectivity index (χ0v) is 15.1. The van der Waals surface area contributed by atoms with Crippen molar-refractivity contribution >= 4 is 11.8 Å². The number of thioether (sulfide) groups is 1. The number of hydrogen-bond donors (Lipinski definition) is 0. The van der Waals surface area contributed by atoms with Crippen molar-refractivity contribution in [2.45, 2.75) is 42.9 Å². The second kappa shape index (κ2) is 7.71. The van der Waals surface area contributed by atoms with Gasteiger partial charge in [0.15, 0.2) is 5.82 Å². The number of rotatable bonds is 5. The van der Waals surface area contributed by atoms with E-state index in [1.54, 1.807) is 0 Å². The van der Waals surface area contributed by atoms with Gasteiger partial charge in [-0.25, -0.2) is 4.98 Å². The molecule has 0 aliphatic heterocycles. The van der Waals surface area contributed by atoms with Crippen molar-refractivity contribution in [3.8, 4) is 6.07 Å². The molecule has 1 aliphatic rings. The summed E-state index contributed by atoms with van der Waals surface area (Å²) < 4.78 is 5.35. The molecule has 0 saturated heterocycles. The molecule has 2 aromatic heterocycles. The van der Waals surface area contributed by atoms with Crippen LogP contribution in [0.15, 0.2) is 45.9 Å². The molecule has 4 rings (SSSR count). The number of hydrogen-bond acceptors (Lipinski definition) is 6. The van der Waals surface area contributed by atoms with Gasteiger partial charge in [0.1, 0.15) is 11.1 Å². The van der Waals surface area contributed by atoms with E-state index in [1.165, 1.54) is 30.2 Å². The lowest BCUT2D eigenvalue weighted by atomic mass is 9.95. The first kappa shape index (κ1) is 16.8. The van der Waals surface area contributed by atoms with Gasteiger partial charge in [-0.2, -0.15) is 10.2 Å². The molecule has 0 unspecified atom stereocenters. The Morgan fingerprint density at radius 2 is 1.96 bits per heavy atom. The summed E-state index contributed by atoms with van der Waals surface area (Å²) in [5.41, 5.74) is 4.14. The Hall–Kier alpha value is -2.65. The monoisotopic (exact) mass is 362 g/mol. The first-order valence-corrected chi connectivity index (χ1v) is 9.71. The number of aryl methyl sites for hydroxylation is 2. The van der Waals surface area contributed by atoms with Crippen LogP contribution in [0.3, 0.4) is 0 Å². The number of benzene rings is 1. The molecule has 0 N–H and O–H groups in total. The maximum absolute atomic E-state index is 9.43. The summed E-state index contributed by atoms with van der Waals surface area (Å²) in [5, 5.41) is 14.2. The minimum atomic E-state index is 0.516. The second-order valence-electron chi connectivity index (χ2n) is 6.32. The smallest absolute Gasteiger partial charge is 0.237 e. The van der Waals surface area contributed by atoms with Crippen LogP contribution < -0.4 is 0 Å². The molecule has 0 bridgehead atoms. The molecule has 26 heavy (non-hydrogen) atoms. The highest BCUT2D eigenvalue weighted by molar-refractivity contribution is 7.98. The molecule has 2 heterocycles. The van der Waals surface area contributed by atoms with E-state index in [-0.39, 0.29) is 0 Å². The van der Waals surface area contributed by atoms with Gasteiger partial charge in [-0.15, -0.1) is 0 Å². The molecule has 0 radical (unpaired) electrons. The number of nitriles is 1. The Morgan fingerprint density at radius 1 is 1.12 bits per heavy atom. The van der Waals surface area contributed by atoms with Crippen LogP contribution in [0.5, 0.6) is 0 Å². The van der Waals surface area contributed by atoms with Gasteiger partial charge in [0.05, 0.1) is 11.3 Å². The van der Waals surface area contributed by atoms with Crippen LogP contribution in [-0.4, -0.2) is 15.1 Å². The molecule has 5 nitrogen and oxygen atoms in total. The van der Waals surface area contributed by atoms with Crippen LogP contribution in [-0.2, 0) is 25.0 Å². The number of fused-ring (bicyclic) bond motifs is 1. The topological polar surface area (TPSA) is 75.6 Å².